The highest BCUT2D eigenvalue weighted by Gasteiger charge is 2.33. The van der Waals surface area contributed by atoms with Crippen molar-refractivity contribution >= 4 is 27.6 Å². The van der Waals surface area contributed by atoms with Crippen LogP contribution in [0.3, 0.4) is 0 Å². The largest absolute Gasteiger partial charge is 0.493 e. The Morgan fingerprint density at radius 3 is 2.63 bits per heavy atom. The van der Waals surface area contributed by atoms with E-state index in [9.17, 15) is 18.7 Å². The van der Waals surface area contributed by atoms with Crippen molar-refractivity contribution in [1.82, 2.24) is 4.98 Å². The molecule has 7 heteroatoms. The van der Waals surface area contributed by atoms with Gasteiger partial charge in [0.05, 0.1) is 17.7 Å². The van der Waals surface area contributed by atoms with Crippen molar-refractivity contribution in [2.75, 3.05) is 6.61 Å². The molecule has 1 aliphatic heterocycles. The number of aliphatic carboxylic acids is 1. The molecule has 35 heavy (non-hydrogen) atoms. The lowest BCUT2D eigenvalue weighted by Crippen LogP contribution is -2.28. The second-order valence-electron chi connectivity index (χ2n) is 9.82. The quantitative estimate of drug-likeness (QED) is 0.363. The van der Waals surface area contributed by atoms with Gasteiger partial charge in [-0.3, -0.25) is 4.98 Å². The average molecular weight is 478 g/mol. The number of ether oxygens (including phenoxy) is 2. The Morgan fingerprint density at radius 2 is 1.91 bits per heavy atom. The molecule has 1 N–H and O–H groups in total. The zero-order chi connectivity index (χ0) is 25.1. The van der Waals surface area contributed by atoms with Crippen molar-refractivity contribution in [3.05, 3.63) is 70.9 Å². The van der Waals surface area contributed by atoms with Crippen LogP contribution in [0, 0.1) is 18.6 Å². The average Bonchev–Trinajstić information content (AvgIpc) is 2.78. The summed E-state index contributed by atoms with van der Waals surface area (Å²) in [5, 5.41) is 11.5. The molecule has 1 aliphatic rings. The summed E-state index contributed by atoms with van der Waals surface area (Å²) >= 11 is 0. The lowest BCUT2D eigenvalue weighted by molar-refractivity contribution is -0.160. The minimum atomic E-state index is -1.37. The number of carbonyl (C=O) groups is 1. The molecule has 1 unspecified atom stereocenters. The maximum absolute atomic E-state index is 15.0. The standard InChI is InChI=1S/C28H25F2NO4/c1-14-11-18-19(12-16(29)13-20(18)30)24(22(14)26(27(32)33)35-28(2,3)4)17-5-6-21-23-15(8-10-34-21)7-9-31-25(17)23/h5-7,9,11-13,26H,8,10H2,1-4H3,(H,32,33). The van der Waals surface area contributed by atoms with Gasteiger partial charge in [-0.05, 0) is 80.1 Å². The highest BCUT2D eigenvalue weighted by atomic mass is 19.1. The monoisotopic (exact) mass is 477 g/mol. The first-order chi connectivity index (χ1) is 16.5. The molecule has 3 aromatic carbocycles. The van der Waals surface area contributed by atoms with Crippen LogP contribution in [0.4, 0.5) is 8.78 Å². The molecule has 1 atom stereocenters. The number of benzene rings is 3. The molecule has 0 spiro atoms. The molecule has 0 amide bonds. The predicted octanol–water partition coefficient (Wildman–Crippen LogP) is 6.52. The lowest BCUT2D eigenvalue weighted by atomic mass is 9.85. The third kappa shape index (κ3) is 4.00. The molecule has 1 aromatic heterocycles. The second kappa shape index (κ2) is 8.27. The fourth-order valence-corrected chi connectivity index (χ4v) is 4.89. The molecule has 0 bridgehead atoms. The van der Waals surface area contributed by atoms with Crippen molar-refractivity contribution in [2.45, 2.75) is 45.8 Å². The number of pyridine rings is 1. The van der Waals surface area contributed by atoms with E-state index in [-0.39, 0.29) is 10.8 Å². The number of halogens is 2. The topological polar surface area (TPSA) is 68.7 Å². The summed E-state index contributed by atoms with van der Waals surface area (Å²) in [5.41, 5.74) is 2.65. The number of nitrogens with zero attached hydrogens (tertiary/aromatic N) is 1. The number of carboxylic acid groups (broad SMARTS) is 1. The lowest BCUT2D eigenvalue weighted by Gasteiger charge is -2.29. The van der Waals surface area contributed by atoms with Gasteiger partial charge in [-0.15, -0.1) is 0 Å². The number of rotatable bonds is 4. The van der Waals surface area contributed by atoms with E-state index in [1.165, 1.54) is 6.07 Å². The third-order valence-electron chi connectivity index (χ3n) is 6.22. The van der Waals surface area contributed by atoms with Gasteiger partial charge in [0, 0.05) is 40.6 Å². The zero-order valence-electron chi connectivity index (χ0n) is 19.9. The van der Waals surface area contributed by atoms with E-state index in [1.807, 2.05) is 6.07 Å². The Balaban J connectivity index is 1.95. The molecule has 4 aromatic rings. The Bertz CT molecular complexity index is 1500. The highest BCUT2D eigenvalue weighted by Crippen LogP contribution is 2.45. The fourth-order valence-electron chi connectivity index (χ4n) is 4.89. The summed E-state index contributed by atoms with van der Waals surface area (Å²) in [6.45, 7) is 7.55. The Morgan fingerprint density at radius 1 is 1.14 bits per heavy atom. The van der Waals surface area contributed by atoms with Gasteiger partial charge < -0.3 is 14.6 Å². The number of aromatic nitrogens is 1. The van der Waals surface area contributed by atoms with E-state index in [0.29, 0.717) is 46.5 Å². The third-order valence-corrected chi connectivity index (χ3v) is 6.22. The molecular weight excluding hydrogens is 452 g/mol. The van der Waals surface area contributed by atoms with E-state index in [4.69, 9.17) is 9.47 Å². The van der Waals surface area contributed by atoms with Crippen LogP contribution in [0.15, 0.2) is 42.6 Å². The molecule has 2 heterocycles. The van der Waals surface area contributed by atoms with E-state index in [0.717, 1.165) is 17.0 Å². The molecule has 0 fully saturated rings. The number of carboxylic acids is 1. The van der Waals surface area contributed by atoms with Crippen molar-refractivity contribution in [3.8, 4) is 16.9 Å². The summed E-state index contributed by atoms with van der Waals surface area (Å²) in [4.78, 5) is 17.1. The first-order valence-electron chi connectivity index (χ1n) is 11.4. The molecule has 0 saturated carbocycles. The summed E-state index contributed by atoms with van der Waals surface area (Å²) in [7, 11) is 0. The van der Waals surface area contributed by atoms with Crippen LogP contribution in [-0.2, 0) is 16.0 Å². The smallest absolute Gasteiger partial charge is 0.337 e. The minimum absolute atomic E-state index is 0.194. The summed E-state index contributed by atoms with van der Waals surface area (Å²) in [6, 6.07) is 9.11. The summed E-state index contributed by atoms with van der Waals surface area (Å²) < 4.78 is 41.3. The van der Waals surface area contributed by atoms with Crippen LogP contribution >= 0.6 is 0 Å². The van der Waals surface area contributed by atoms with Crippen LogP contribution in [0.1, 0.15) is 43.6 Å². The van der Waals surface area contributed by atoms with Gasteiger partial charge in [0.25, 0.3) is 0 Å². The van der Waals surface area contributed by atoms with Gasteiger partial charge in [-0.1, -0.05) is 0 Å². The van der Waals surface area contributed by atoms with Crippen LogP contribution < -0.4 is 4.74 Å². The van der Waals surface area contributed by atoms with Gasteiger partial charge in [0.15, 0.2) is 6.10 Å². The van der Waals surface area contributed by atoms with Crippen molar-refractivity contribution in [1.29, 1.82) is 0 Å². The van der Waals surface area contributed by atoms with E-state index >= 15 is 0 Å². The first-order valence-corrected chi connectivity index (χ1v) is 11.4. The summed E-state index contributed by atoms with van der Waals surface area (Å²) in [6.07, 6.45) is 1.02. The minimum Gasteiger partial charge on any atom is -0.493 e. The second-order valence-corrected chi connectivity index (χ2v) is 9.82. The SMILES string of the molecule is Cc1cc2c(F)cc(F)cc2c(-c2ccc3c4c(ccnc24)CCO3)c1C(OC(C)(C)C)C(=O)O. The van der Waals surface area contributed by atoms with Crippen molar-refractivity contribution < 1.29 is 28.2 Å². The van der Waals surface area contributed by atoms with Gasteiger partial charge in [0.2, 0.25) is 0 Å². The van der Waals surface area contributed by atoms with Crippen LogP contribution in [-0.4, -0.2) is 28.3 Å². The molecule has 180 valence electrons. The molecule has 0 radical (unpaired) electrons. The predicted molar refractivity (Wildman–Crippen MR) is 130 cm³/mol. The molecule has 0 aliphatic carbocycles. The summed E-state index contributed by atoms with van der Waals surface area (Å²) in [5.74, 6) is -2.00. The van der Waals surface area contributed by atoms with Gasteiger partial charge in [-0.25, -0.2) is 13.6 Å². The highest BCUT2D eigenvalue weighted by molar-refractivity contribution is 6.09. The van der Waals surface area contributed by atoms with Crippen molar-refractivity contribution in [2.24, 2.45) is 0 Å². The molecule has 0 saturated heterocycles. The molecule has 5 rings (SSSR count). The normalized spacial score (nSPS) is 14.2. The fraction of sp³-hybridized carbons (Fsp3) is 0.286. The van der Waals surface area contributed by atoms with Crippen LogP contribution in [0.2, 0.25) is 0 Å². The Hall–Kier alpha value is -3.58. The first kappa shape index (κ1) is 23.2. The van der Waals surface area contributed by atoms with Crippen LogP contribution in [0.5, 0.6) is 5.75 Å². The number of hydrogen-bond donors (Lipinski definition) is 1. The Kier molecular flexibility index (Phi) is 5.48. The van der Waals surface area contributed by atoms with E-state index < -0.39 is 29.3 Å². The van der Waals surface area contributed by atoms with Gasteiger partial charge in [-0.2, -0.15) is 0 Å². The number of fused-ring (bicyclic) bond motifs is 1. The molecular formula is C28H25F2NO4. The van der Waals surface area contributed by atoms with Gasteiger partial charge in [0.1, 0.15) is 17.4 Å². The maximum atomic E-state index is 15.0. The maximum Gasteiger partial charge on any atom is 0.337 e. The number of aryl methyl sites for hydroxylation is 1. The van der Waals surface area contributed by atoms with Crippen LogP contribution in [0.25, 0.3) is 32.8 Å². The van der Waals surface area contributed by atoms with Crippen molar-refractivity contribution in [3.63, 3.8) is 0 Å². The Labute approximate surface area is 201 Å². The molecule has 5 nitrogen and oxygen atoms in total. The van der Waals surface area contributed by atoms with Gasteiger partial charge >= 0.3 is 5.97 Å². The number of hydrogen-bond acceptors (Lipinski definition) is 4. The van der Waals surface area contributed by atoms with E-state index in [1.54, 1.807) is 52.1 Å². The zero-order valence-corrected chi connectivity index (χ0v) is 19.9. The van der Waals surface area contributed by atoms with E-state index in [2.05, 4.69) is 4.98 Å².